The van der Waals surface area contributed by atoms with Gasteiger partial charge in [0, 0.05) is 18.0 Å². The fraction of sp³-hybridized carbons (Fsp3) is 0.316. The minimum atomic E-state index is -0.543. The molecule has 1 N–H and O–H groups in total. The minimum absolute atomic E-state index is 0.305. The molecule has 2 aromatic rings. The van der Waals surface area contributed by atoms with Crippen molar-refractivity contribution in [2.24, 2.45) is 0 Å². The third-order valence-electron chi connectivity index (χ3n) is 4.46. The summed E-state index contributed by atoms with van der Waals surface area (Å²) in [4.78, 5) is 12.7. The first-order chi connectivity index (χ1) is 10.7. The number of benzene rings is 2. The maximum absolute atomic E-state index is 12.7. The van der Waals surface area contributed by atoms with Gasteiger partial charge in [-0.15, -0.1) is 0 Å². The maximum atomic E-state index is 12.7. The molecule has 1 aliphatic rings. The molecule has 0 aliphatic heterocycles. The third-order valence-corrected chi connectivity index (χ3v) is 4.71. The van der Waals surface area contributed by atoms with Crippen molar-refractivity contribution < 1.29 is 4.79 Å². The first-order valence-corrected chi connectivity index (χ1v) is 8.17. The summed E-state index contributed by atoms with van der Waals surface area (Å²) in [5.74, 6) is 0.305. The van der Waals surface area contributed by atoms with Crippen LogP contribution < -0.4 is 5.32 Å². The summed E-state index contributed by atoms with van der Waals surface area (Å²) in [5, 5.41) is 4.28. The number of halogens is 1. The smallest absolute Gasteiger partial charge is 0.157 e. The number of nitrogens with one attached hydrogen (secondary N) is 1. The number of rotatable bonds is 4. The third kappa shape index (κ3) is 3.08. The fourth-order valence-corrected chi connectivity index (χ4v) is 3.33. The van der Waals surface area contributed by atoms with Gasteiger partial charge >= 0.3 is 0 Å². The summed E-state index contributed by atoms with van der Waals surface area (Å²) in [6, 6.07) is 17.9. The number of hydrogen-bond acceptors (Lipinski definition) is 2. The summed E-state index contributed by atoms with van der Waals surface area (Å²) in [7, 11) is 0. The summed E-state index contributed by atoms with van der Waals surface area (Å²) in [5.41, 5.74) is 1.67. The van der Waals surface area contributed by atoms with E-state index in [2.05, 4.69) is 17.4 Å². The van der Waals surface area contributed by atoms with Crippen LogP contribution in [0.3, 0.4) is 0 Å². The summed E-state index contributed by atoms with van der Waals surface area (Å²) in [6.45, 7) is 0.664. The summed E-state index contributed by atoms with van der Waals surface area (Å²) in [6.07, 6.45) is 3.59. The summed E-state index contributed by atoms with van der Waals surface area (Å²) < 4.78 is 0. The van der Waals surface area contributed by atoms with Crippen molar-refractivity contribution in [2.75, 3.05) is 0 Å². The first-order valence-electron chi connectivity index (χ1n) is 7.79. The standard InChI is InChI=1S/C19H20ClNO/c20-17-11-9-15(10-12-17)14-21-19(13-5-4-8-18(19)22)16-6-2-1-3-7-16/h1-3,6-7,9-12,21H,4-5,8,13-14H2. The van der Waals surface area contributed by atoms with Gasteiger partial charge in [-0.05, 0) is 36.1 Å². The van der Waals surface area contributed by atoms with Gasteiger partial charge in [-0.25, -0.2) is 0 Å². The molecule has 0 aromatic heterocycles. The van der Waals surface area contributed by atoms with Gasteiger partial charge in [0.05, 0.1) is 0 Å². The van der Waals surface area contributed by atoms with E-state index in [-0.39, 0.29) is 0 Å². The van der Waals surface area contributed by atoms with Crippen LogP contribution in [0.15, 0.2) is 54.6 Å². The van der Waals surface area contributed by atoms with Crippen molar-refractivity contribution in [2.45, 2.75) is 37.8 Å². The maximum Gasteiger partial charge on any atom is 0.157 e. The number of Topliss-reactive ketones (excluding diaryl/α,β-unsaturated/α-hetero) is 1. The molecular formula is C19H20ClNO. The van der Waals surface area contributed by atoms with Crippen LogP contribution in [0, 0.1) is 0 Å². The van der Waals surface area contributed by atoms with Crippen molar-refractivity contribution in [1.82, 2.24) is 5.32 Å². The molecule has 22 heavy (non-hydrogen) atoms. The topological polar surface area (TPSA) is 29.1 Å². The van der Waals surface area contributed by atoms with Crippen molar-refractivity contribution in [3.05, 3.63) is 70.7 Å². The highest BCUT2D eigenvalue weighted by Gasteiger charge is 2.40. The van der Waals surface area contributed by atoms with E-state index < -0.39 is 5.54 Å². The Hall–Kier alpha value is -1.64. The van der Waals surface area contributed by atoms with Crippen molar-refractivity contribution in [3.63, 3.8) is 0 Å². The molecule has 0 amide bonds. The summed E-state index contributed by atoms with van der Waals surface area (Å²) >= 11 is 5.93. The zero-order valence-corrected chi connectivity index (χ0v) is 13.3. The Labute approximate surface area is 136 Å². The van der Waals surface area contributed by atoms with Crippen molar-refractivity contribution >= 4 is 17.4 Å². The molecule has 3 rings (SSSR count). The minimum Gasteiger partial charge on any atom is -0.297 e. The molecule has 2 aromatic carbocycles. The lowest BCUT2D eigenvalue weighted by atomic mass is 9.75. The highest BCUT2D eigenvalue weighted by atomic mass is 35.5. The highest BCUT2D eigenvalue weighted by molar-refractivity contribution is 6.30. The molecule has 3 heteroatoms. The predicted molar refractivity (Wildman–Crippen MR) is 89.9 cm³/mol. The quantitative estimate of drug-likeness (QED) is 0.902. The van der Waals surface area contributed by atoms with Crippen LogP contribution in [0.25, 0.3) is 0 Å². The van der Waals surface area contributed by atoms with Crippen LogP contribution in [0.1, 0.15) is 36.8 Å². The molecule has 114 valence electrons. The molecule has 0 heterocycles. The Balaban J connectivity index is 1.86. The van der Waals surface area contributed by atoms with E-state index in [0.29, 0.717) is 18.7 Å². The zero-order chi connectivity index (χ0) is 15.4. The van der Waals surface area contributed by atoms with Gasteiger partial charge in [-0.3, -0.25) is 10.1 Å². The first kappa shape index (κ1) is 15.3. The number of carbonyl (C=O) groups is 1. The number of ketones is 1. The molecule has 2 nitrogen and oxygen atoms in total. The SMILES string of the molecule is O=C1CCCCC1(NCc1ccc(Cl)cc1)c1ccccc1. The second kappa shape index (κ2) is 6.64. The van der Waals surface area contributed by atoms with E-state index in [9.17, 15) is 4.79 Å². The molecule has 1 atom stereocenters. The predicted octanol–water partition coefficient (Wildman–Crippen LogP) is 4.47. The molecule has 1 fully saturated rings. The molecule has 0 radical (unpaired) electrons. The molecular weight excluding hydrogens is 294 g/mol. The van der Waals surface area contributed by atoms with E-state index in [4.69, 9.17) is 11.6 Å². The molecule has 1 saturated carbocycles. The van der Waals surface area contributed by atoms with Crippen LogP contribution in [0.5, 0.6) is 0 Å². The van der Waals surface area contributed by atoms with Gasteiger partial charge in [0.2, 0.25) is 0 Å². The van der Waals surface area contributed by atoms with Gasteiger partial charge in [-0.1, -0.05) is 60.5 Å². The van der Waals surface area contributed by atoms with E-state index in [1.54, 1.807) is 0 Å². The van der Waals surface area contributed by atoms with E-state index in [1.165, 1.54) is 0 Å². The van der Waals surface area contributed by atoms with E-state index in [1.807, 2.05) is 42.5 Å². The highest BCUT2D eigenvalue weighted by Crippen LogP contribution is 2.34. The second-order valence-electron chi connectivity index (χ2n) is 5.88. The normalized spacial score (nSPS) is 21.8. The largest absolute Gasteiger partial charge is 0.297 e. The molecule has 0 saturated heterocycles. The molecule has 1 aliphatic carbocycles. The second-order valence-corrected chi connectivity index (χ2v) is 6.32. The monoisotopic (exact) mass is 313 g/mol. The average Bonchev–Trinajstić information content (AvgIpc) is 2.57. The lowest BCUT2D eigenvalue weighted by molar-refractivity contribution is -0.128. The van der Waals surface area contributed by atoms with Crippen LogP contribution in [0.4, 0.5) is 0 Å². The molecule has 1 unspecified atom stereocenters. The van der Waals surface area contributed by atoms with Crippen LogP contribution in [-0.4, -0.2) is 5.78 Å². The van der Waals surface area contributed by atoms with Crippen LogP contribution in [0.2, 0.25) is 5.02 Å². The van der Waals surface area contributed by atoms with Crippen LogP contribution >= 0.6 is 11.6 Å². The Bertz CT molecular complexity index is 638. The van der Waals surface area contributed by atoms with E-state index in [0.717, 1.165) is 35.4 Å². The van der Waals surface area contributed by atoms with Gasteiger partial charge in [0.1, 0.15) is 5.54 Å². The Morgan fingerprint density at radius 2 is 1.73 bits per heavy atom. The lowest BCUT2D eigenvalue weighted by Crippen LogP contribution is -2.50. The van der Waals surface area contributed by atoms with Crippen molar-refractivity contribution in [1.29, 1.82) is 0 Å². The average molecular weight is 314 g/mol. The van der Waals surface area contributed by atoms with Crippen molar-refractivity contribution in [3.8, 4) is 0 Å². The number of carbonyl (C=O) groups excluding carboxylic acids is 1. The lowest BCUT2D eigenvalue weighted by Gasteiger charge is -2.37. The van der Waals surface area contributed by atoms with Gasteiger partial charge < -0.3 is 0 Å². The van der Waals surface area contributed by atoms with E-state index >= 15 is 0 Å². The zero-order valence-electron chi connectivity index (χ0n) is 12.5. The Kier molecular flexibility index (Phi) is 4.60. The Morgan fingerprint density at radius 3 is 2.41 bits per heavy atom. The van der Waals surface area contributed by atoms with Gasteiger partial charge in [0.15, 0.2) is 5.78 Å². The molecule has 0 bridgehead atoms. The number of hydrogen-bond donors (Lipinski definition) is 1. The Morgan fingerprint density at radius 1 is 1.00 bits per heavy atom. The van der Waals surface area contributed by atoms with Gasteiger partial charge in [-0.2, -0.15) is 0 Å². The fourth-order valence-electron chi connectivity index (χ4n) is 3.20. The molecule has 0 spiro atoms. The van der Waals surface area contributed by atoms with Gasteiger partial charge in [0.25, 0.3) is 0 Å². The van der Waals surface area contributed by atoms with Crippen LogP contribution in [-0.2, 0) is 16.9 Å².